The fourth-order valence-corrected chi connectivity index (χ4v) is 9.83. The van der Waals surface area contributed by atoms with E-state index < -0.39 is 0 Å². The van der Waals surface area contributed by atoms with E-state index in [4.69, 9.17) is 0 Å². The lowest BCUT2D eigenvalue weighted by molar-refractivity contribution is 1.18. The summed E-state index contributed by atoms with van der Waals surface area (Å²) in [4.78, 5) is 2.43. The van der Waals surface area contributed by atoms with E-state index in [0.717, 1.165) is 28.3 Å². The van der Waals surface area contributed by atoms with Crippen molar-refractivity contribution in [2.75, 3.05) is 4.90 Å². The second-order valence-electron chi connectivity index (χ2n) is 16.5. The molecule has 12 aromatic rings. The Morgan fingerprint density at radius 3 is 1.56 bits per heavy atom. The molecule has 12 rings (SSSR count). The lowest BCUT2D eigenvalue weighted by Crippen LogP contribution is -2.11. The Morgan fingerprint density at radius 2 is 0.797 bits per heavy atom. The van der Waals surface area contributed by atoms with Crippen LogP contribution in [0, 0.1) is 0 Å². The van der Waals surface area contributed by atoms with Crippen molar-refractivity contribution in [2.24, 2.45) is 0 Å². The Balaban J connectivity index is 1.03. The first kappa shape index (κ1) is 37.3. The van der Waals surface area contributed by atoms with E-state index in [0.29, 0.717) is 0 Å². The van der Waals surface area contributed by atoms with E-state index in [1.807, 2.05) is 0 Å². The van der Waals surface area contributed by atoms with E-state index in [-0.39, 0.29) is 0 Å². The molecule has 300 valence electrons. The number of hydrogen-bond acceptors (Lipinski definition) is 1. The van der Waals surface area contributed by atoms with Crippen LogP contribution >= 0.6 is 0 Å². The lowest BCUT2D eigenvalue weighted by Gasteiger charge is -2.28. The molecule has 2 heteroatoms. The molecule has 0 fully saturated rings. The van der Waals surface area contributed by atoms with Gasteiger partial charge < -0.3 is 9.47 Å². The van der Waals surface area contributed by atoms with Crippen molar-refractivity contribution in [1.29, 1.82) is 0 Å². The number of nitrogens with zero attached hydrogens (tertiary/aromatic N) is 2. The molecule has 0 aliphatic heterocycles. The van der Waals surface area contributed by atoms with Gasteiger partial charge in [0.1, 0.15) is 0 Å². The molecule has 0 bridgehead atoms. The fraction of sp³-hybridized carbons (Fsp3) is 0. The summed E-state index contributed by atoms with van der Waals surface area (Å²) in [5.41, 5.74) is 16.4. The zero-order chi connectivity index (χ0) is 42.4. The van der Waals surface area contributed by atoms with Gasteiger partial charge in [-0.3, -0.25) is 0 Å². The first-order valence-corrected chi connectivity index (χ1v) is 22.0. The van der Waals surface area contributed by atoms with Gasteiger partial charge in [-0.1, -0.05) is 188 Å². The van der Waals surface area contributed by atoms with E-state index in [1.54, 1.807) is 0 Å². The van der Waals surface area contributed by atoms with E-state index in [2.05, 4.69) is 264 Å². The minimum atomic E-state index is 1.08. The van der Waals surface area contributed by atoms with Gasteiger partial charge in [0.25, 0.3) is 0 Å². The SMILES string of the molecule is c1ccc(-c2cc(-c3ccc(N(c4ccc(-c5cccc6ccccc56)cc4)c4ccccc4-c4cccc5c4c4ccccc4n5-c4ccccc4)cc3)cc3ccccc23)cc1. The molecule has 0 atom stereocenters. The maximum atomic E-state index is 2.43. The molecule has 0 N–H and O–H groups in total. The van der Waals surface area contributed by atoms with Crippen LogP contribution in [0.1, 0.15) is 0 Å². The third-order valence-electron chi connectivity index (χ3n) is 12.8. The predicted octanol–water partition coefficient (Wildman–Crippen LogP) is 17.2. The van der Waals surface area contributed by atoms with Crippen molar-refractivity contribution in [3.63, 3.8) is 0 Å². The summed E-state index contributed by atoms with van der Waals surface area (Å²) in [6.07, 6.45) is 0. The molecule has 64 heavy (non-hydrogen) atoms. The molecular weight excluding hydrogens is 773 g/mol. The van der Waals surface area contributed by atoms with Crippen LogP contribution in [0.4, 0.5) is 17.1 Å². The average Bonchev–Trinajstić information content (AvgIpc) is 3.72. The molecule has 0 aliphatic rings. The summed E-state index contributed by atoms with van der Waals surface area (Å²) >= 11 is 0. The van der Waals surface area contributed by atoms with Crippen LogP contribution in [0.5, 0.6) is 0 Å². The first-order chi connectivity index (χ1) is 31.8. The van der Waals surface area contributed by atoms with Crippen LogP contribution < -0.4 is 4.90 Å². The molecule has 1 heterocycles. The van der Waals surface area contributed by atoms with Crippen LogP contribution in [0.3, 0.4) is 0 Å². The third kappa shape index (κ3) is 6.44. The summed E-state index contributed by atoms with van der Waals surface area (Å²) in [5, 5.41) is 7.44. The van der Waals surface area contributed by atoms with Gasteiger partial charge in [-0.15, -0.1) is 0 Å². The van der Waals surface area contributed by atoms with Gasteiger partial charge in [-0.05, 0) is 127 Å². The van der Waals surface area contributed by atoms with Gasteiger partial charge in [0, 0.05) is 33.4 Å². The van der Waals surface area contributed by atoms with E-state index >= 15 is 0 Å². The zero-order valence-electron chi connectivity index (χ0n) is 35.1. The molecule has 0 aliphatic carbocycles. The fourth-order valence-electron chi connectivity index (χ4n) is 9.83. The molecule has 0 amide bonds. The van der Waals surface area contributed by atoms with Crippen LogP contribution in [0.25, 0.3) is 93.5 Å². The van der Waals surface area contributed by atoms with E-state index in [9.17, 15) is 0 Å². The highest BCUT2D eigenvalue weighted by Gasteiger charge is 2.22. The molecule has 2 nitrogen and oxygen atoms in total. The summed E-state index contributed by atoms with van der Waals surface area (Å²) < 4.78 is 2.40. The van der Waals surface area contributed by atoms with Crippen molar-refractivity contribution in [2.45, 2.75) is 0 Å². The minimum Gasteiger partial charge on any atom is -0.310 e. The minimum absolute atomic E-state index is 1.08. The second-order valence-corrected chi connectivity index (χ2v) is 16.5. The van der Waals surface area contributed by atoms with Crippen molar-refractivity contribution in [3.05, 3.63) is 255 Å². The summed E-state index contributed by atoms with van der Waals surface area (Å²) in [6, 6.07) is 92.7. The summed E-state index contributed by atoms with van der Waals surface area (Å²) in [6.45, 7) is 0. The highest BCUT2D eigenvalue weighted by Crippen LogP contribution is 2.46. The first-order valence-electron chi connectivity index (χ1n) is 22.0. The number of para-hydroxylation sites is 3. The number of aromatic nitrogens is 1. The van der Waals surface area contributed by atoms with Crippen LogP contribution in [0.15, 0.2) is 255 Å². The van der Waals surface area contributed by atoms with Crippen LogP contribution in [-0.4, -0.2) is 4.57 Å². The van der Waals surface area contributed by atoms with Crippen molar-refractivity contribution < 1.29 is 0 Å². The number of rotatable bonds is 8. The largest absolute Gasteiger partial charge is 0.310 e. The third-order valence-corrected chi connectivity index (χ3v) is 12.8. The molecule has 11 aromatic carbocycles. The van der Waals surface area contributed by atoms with Gasteiger partial charge in [-0.2, -0.15) is 0 Å². The predicted molar refractivity (Wildman–Crippen MR) is 272 cm³/mol. The Hall–Kier alpha value is -8.46. The average molecular weight is 815 g/mol. The van der Waals surface area contributed by atoms with Crippen LogP contribution in [0.2, 0.25) is 0 Å². The van der Waals surface area contributed by atoms with Crippen molar-refractivity contribution >= 4 is 60.4 Å². The maximum absolute atomic E-state index is 2.43. The van der Waals surface area contributed by atoms with Gasteiger partial charge in [0.05, 0.1) is 16.7 Å². The van der Waals surface area contributed by atoms with Crippen LogP contribution in [-0.2, 0) is 0 Å². The molecule has 0 radical (unpaired) electrons. The number of anilines is 3. The standard InChI is InChI=1S/C62H42N2/c1-3-17-45(18-4-1)58-42-48(41-47-20-8-10-25-54(47)58)43-33-37-50(38-34-43)63(51-39-35-46(36-40-51)53-28-15-21-44-19-7-9-24-52(44)53)59-30-13-11-26-55(59)56-29-16-32-61-62(56)57-27-12-14-31-60(57)64(61)49-22-5-2-6-23-49/h1-42H. The van der Waals surface area contributed by atoms with Gasteiger partial charge in [0.2, 0.25) is 0 Å². The van der Waals surface area contributed by atoms with E-state index in [1.165, 1.54) is 82.3 Å². The topological polar surface area (TPSA) is 8.17 Å². The lowest BCUT2D eigenvalue weighted by atomic mass is 9.93. The smallest absolute Gasteiger partial charge is 0.0547 e. The molecule has 0 saturated carbocycles. The van der Waals surface area contributed by atoms with Gasteiger partial charge >= 0.3 is 0 Å². The summed E-state index contributed by atoms with van der Waals surface area (Å²) in [5.74, 6) is 0. The Kier molecular flexibility index (Phi) is 9.20. The Morgan fingerprint density at radius 1 is 0.281 bits per heavy atom. The monoisotopic (exact) mass is 814 g/mol. The molecule has 0 spiro atoms. The Labute approximate surface area is 373 Å². The highest BCUT2D eigenvalue weighted by molar-refractivity contribution is 6.17. The summed E-state index contributed by atoms with van der Waals surface area (Å²) in [7, 11) is 0. The normalized spacial score (nSPS) is 11.4. The number of fused-ring (bicyclic) bond motifs is 5. The Bertz CT molecular complexity index is 3640. The molecule has 1 aromatic heterocycles. The highest BCUT2D eigenvalue weighted by atomic mass is 15.1. The van der Waals surface area contributed by atoms with Crippen molar-refractivity contribution in [3.8, 4) is 50.2 Å². The van der Waals surface area contributed by atoms with Gasteiger partial charge in [-0.25, -0.2) is 0 Å². The number of hydrogen-bond donors (Lipinski definition) is 0. The second kappa shape index (κ2) is 15.8. The number of benzene rings is 11. The molecule has 0 unspecified atom stereocenters. The molecule has 0 saturated heterocycles. The molecular formula is C62H42N2. The van der Waals surface area contributed by atoms with Crippen molar-refractivity contribution in [1.82, 2.24) is 4.57 Å². The maximum Gasteiger partial charge on any atom is 0.0547 e. The van der Waals surface area contributed by atoms with Gasteiger partial charge in [0.15, 0.2) is 0 Å². The zero-order valence-corrected chi connectivity index (χ0v) is 35.1. The quantitative estimate of drug-likeness (QED) is 0.148.